The summed E-state index contributed by atoms with van der Waals surface area (Å²) >= 11 is 0. The number of amides is 1. The maximum atomic E-state index is 12.6. The van der Waals surface area contributed by atoms with Crippen LogP contribution in [-0.4, -0.2) is 15.6 Å². The van der Waals surface area contributed by atoms with Gasteiger partial charge in [-0.15, -0.1) is 0 Å². The lowest BCUT2D eigenvalue weighted by Crippen LogP contribution is -2.23. The van der Waals surface area contributed by atoms with E-state index in [-0.39, 0.29) is 5.91 Å². The van der Waals surface area contributed by atoms with Gasteiger partial charge in [-0.25, -0.2) is 9.66 Å². The predicted octanol–water partition coefficient (Wildman–Crippen LogP) is 4.09. The molecule has 1 heterocycles. The Morgan fingerprint density at radius 3 is 2.17 bits per heavy atom. The van der Waals surface area contributed by atoms with Gasteiger partial charge in [0.1, 0.15) is 0 Å². The number of nitrogens with zero attached hydrogens (tertiary/aromatic N) is 2. The SMILES string of the molecule is O=C(Nn1c(-c2ccccc2)nc2ccccc21)c1ccccc1. The summed E-state index contributed by atoms with van der Waals surface area (Å²) < 4.78 is 1.75. The van der Waals surface area contributed by atoms with Crippen LogP contribution >= 0.6 is 0 Å². The molecule has 3 aromatic carbocycles. The number of carbonyl (C=O) groups is 1. The highest BCUT2D eigenvalue weighted by Gasteiger charge is 2.15. The third-order valence-electron chi connectivity index (χ3n) is 3.84. The van der Waals surface area contributed by atoms with Crippen molar-refractivity contribution in [1.82, 2.24) is 9.66 Å². The number of carbonyl (C=O) groups excluding carboxylic acids is 1. The molecule has 0 atom stereocenters. The molecule has 0 aliphatic carbocycles. The second-order valence-corrected chi connectivity index (χ2v) is 5.43. The Morgan fingerprint density at radius 2 is 1.42 bits per heavy atom. The van der Waals surface area contributed by atoms with Gasteiger partial charge in [0, 0.05) is 11.1 Å². The third-order valence-corrected chi connectivity index (χ3v) is 3.84. The number of fused-ring (bicyclic) bond motifs is 1. The average molecular weight is 313 g/mol. The fraction of sp³-hybridized carbons (Fsp3) is 0. The van der Waals surface area contributed by atoms with Crippen molar-refractivity contribution < 1.29 is 4.79 Å². The highest BCUT2D eigenvalue weighted by atomic mass is 16.2. The lowest BCUT2D eigenvalue weighted by atomic mass is 10.2. The summed E-state index contributed by atoms with van der Waals surface area (Å²) in [5, 5.41) is 0. The molecule has 0 fully saturated rings. The van der Waals surface area contributed by atoms with Crippen LogP contribution < -0.4 is 5.43 Å². The van der Waals surface area contributed by atoms with Crippen LogP contribution in [0, 0.1) is 0 Å². The first-order valence-electron chi connectivity index (χ1n) is 7.72. The van der Waals surface area contributed by atoms with Crippen LogP contribution in [0.2, 0.25) is 0 Å². The van der Waals surface area contributed by atoms with E-state index in [1.165, 1.54) is 0 Å². The van der Waals surface area contributed by atoms with E-state index in [1.54, 1.807) is 16.8 Å². The van der Waals surface area contributed by atoms with Crippen LogP contribution in [-0.2, 0) is 0 Å². The van der Waals surface area contributed by atoms with Crippen molar-refractivity contribution in [2.75, 3.05) is 5.43 Å². The lowest BCUT2D eigenvalue weighted by Gasteiger charge is -2.11. The topological polar surface area (TPSA) is 46.9 Å². The molecule has 0 aliphatic rings. The molecule has 1 N–H and O–H groups in total. The number of aromatic nitrogens is 2. The van der Waals surface area contributed by atoms with Gasteiger partial charge in [0.2, 0.25) is 0 Å². The Kier molecular flexibility index (Phi) is 3.56. The fourth-order valence-electron chi connectivity index (χ4n) is 2.68. The van der Waals surface area contributed by atoms with E-state index in [0.29, 0.717) is 11.4 Å². The number of nitrogens with one attached hydrogen (secondary N) is 1. The van der Waals surface area contributed by atoms with Crippen molar-refractivity contribution in [2.45, 2.75) is 0 Å². The zero-order valence-electron chi connectivity index (χ0n) is 12.9. The van der Waals surface area contributed by atoms with Gasteiger partial charge >= 0.3 is 0 Å². The van der Waals surface area contributed by atoms with E-state index in [2.05, 4.69) is 10.4 Å². The smallest absolute Gasteiger partial charge is 0.267 e. The largest absolute Gasteiger partial charge is 0.270 e. The van der Waals surface area contributed by atoms with Crippen LogP contribution in [0.5, 0.6) is 0 Å². The molecule has 0 spiro atoms. The van der Waals surface area contributed by atoms with Gasteiger partial charge in [-0.05, 0) is 24.3 Å². The number of hydrogen-bond donors (Lipinski definition) is 1. The molecule has 0 unspecified atom stereocenters. The Labute approximate surface area is 139 Å². The summed E-state index contributed by atoms with van der Waals surface area (Å²) in [6, 6.07) is 26.7. The quantitative estimate of drug-likeness (QED) is 0.619. The number of rotatable bonds is 3. The Hall–Kier alpha value is -3.40. The van der Waals surface area contributed by atoms with Crippen molar-refractivity contribution in [3.8, 4) is 11.4 Å². The summed E-state index contributed by atoms with van der Waals surface area (Å²) in [6.07, 6.45) is 0. The van der Waals surface area contributed by atoms with Gasteiger partial charge in [0.15, 0.2) is 5.82 Å². The maximum Gasteiger partial charge on any atom is 0.270 e. The lowest BCUT2D eigenvalue weighted by molar-refractivity contribution is 0.101. The normalized spacial score (nSPS) is 10.7. The minimum absolute atomic E-state index is 0.170. The van der Waals surface area contributed by atoms with Crippen molar-refractivity contribution in [1.29, 1.82) is 0 Å². The number of hydrogen-bond acceptors (Lipinski definition) is 2. The number of para-hydroxylation sites is 2. The van der Waals surface area contributed by atoms with Crippen LogP contribution in [0.4, 0.5) is 0 Å². The molecule has 0 aliphatic heterocycles. The molecular weight excluding hydrogens is 298 g/mol. The molecule has 1 amide bonds. The second kappa shape index (κ2) is 6.01. The summed E-state index contributed by atoms with van der Waals surface area (Å²) in [4.78, 5) is 17.3. The summed E-state index contributed by atoms with van der Waals surface area (Å²) in [5.74, 6) is 0.539. The third kappa shape index (κ3) is 2.54. The van der Waals surface area contributed by atoms with Crippen molar-refractivity contribution >= 4 is 16.9 Å². The Morgan fingerprint density at radius 1 is 0.792 bits per heavy atom. The molecule has 0 bridgehead atoms. The fourth-order valence-corrected chi connectivity index (χ4v) is 2.68. The van der Waals surface area contributed by atoms with Gasteiger partial charge in [-0.1, -0.05) is 60.7 Å². The van der Waals surface area contributed by atoms with E-state index in [9.17, 15) is 4.79 Å². The molecule has 4 rings (SSSR count). The standard InChI is InChI=1S/C20H15N3O/c24-20(16-11-5-2-6-12-16)22-23-18-14-8-7-13-17(18)21-19(23)15-9-3-1-4-10-15/h1-14H,(H,22,24). The molecule has 4 aromatic rings. The molecule has 0 radical (unpaired) electrons. The molecule has 0 saturated carbocycles. The first kappa shape index (κ1) is 14.2. The van der Waals surface area contributed by atoms with Gasteiger partial charge in [0.05, 0.1) is 11.0 Å². The zero-order chi connectivity index (χ0) is 16.4. The molecule has 4 nitrogen and oxygen atoms in total. The van der Waals surface area contributed by atoms with Crippen LogP contribution in [0.3, 0.4) is 0 Å². The van der Waals surface area contributed by atoms with Crippen molar-refractivity contribution in [3.05, 3.63) is 90.5 Å². The summed E-state index contributed by atoms with van der Waals surface area (Å²) in [7, 11) is 0. The van der Waals surface area contributed by atoms with E-state index in [1.807, 2.05) is 72.8 Å². The average Bonchev–Trinajstić information content (AvgIpc) is 3.02. The van der Waals surface area contributed by atoms with E-state index < -0.39 is 0 Å². The van der Waals surface area contributed by atoms with Gasteiger partial charge < -0.3 is 0 Å². The van der Waals surface area contributed by atoms with Gasteiger partial charge in [0.25, 0.3) is 5.91 Å². The molecule has 24 heavy (non-hydrogen) atoms. The Bertz CT molecular complexity index is 991. The maximum absolute atomic E-state index is 12.6. The number of imidazole rings is 1. The molecule has 1 aromatic heterocycles. The van der Waals surface area contributed by atoms with Crippen LogP contribution in [0.1, 0.15) is 10.4 Å². The predicted molar refractivity (Wildman–Crippen MR) is 95.3 cm³/mol. The van der Waals surface area contributed by atoms with Crippen molar-refractivity contribution in [2.24, 2.45) is 0 Å². The van der Waals surface area contributed by atoms with Gasteiger partial charge in [-0.2, -0.15) is 0 Å². The number of benzene rings is 3. The zero-order valence-corrected chi connectivity index (χ0v) is 12.9. The van der Waals surface area contributed by atoms with Crippen molar-refractivity contribution in [3.63, 3.8) is 0 Å². The first-order chi connectivity index (χ1) is 11.8. The Balaban J connectivity index is 1.83. The van der Waals surface area contributed by atoms with E-state index in [4.69, 9.17) is 0 Å². The monoisotopic (exact) mass is 313 g/mol. The van der Waals surface area contributed by atoms with E-state index in [0.717, 1.165) is 16.6 Å². The summed E-state index contributed by atoms with van der Waals surface area (Å²) in [6.45, 7) is 0. The first-order valence-corrected chi connectivity index (χ1v) is 7.72. The minimum atomic E-state index is -0.170. The highest BCUT2D eigenvalue weighted by molar-refractivity contribution is 6.01. The molecule has 4 heteroatoms. The minimum Gasteiger partial charge on any atom is -0.267 e. The molecular formula is C20H15N3O. The highest BCUT2D eigenvalue weighted by Crippen LogP contribution is 2.23. The molecule has 0 saturated heterocycles. The van der Waals surface area contributed by atoms with Crippen LogP contribution in [0.15, 0.2) is 84.9 Å². The van der Waals surface area contributed by atoms with Gasteiger partial charge in [-0.3, -0.25) is 10.2 Å². The van der Waals surface area contributed by atoms with Crippen LogP contribution in [0.25, 0.3) is 22.4 Å². The summed E-state index contributed by atoms with van der Waals surface area (Å²) in [5.41, 5.74) is 6.22. The second-order valence-electron chi connectivity index (χ2n) is 5.43. The molecule has 116 valence electrons. The van der Waals surface area contributed by atoms with E-state index >= 15 is 0 Å².